The van der Waals surface area contributed by atoms with Gasteiger partial charge in [-0.2, -0.15) is 0 Å². The average molecular weight is 405 g/mol. The molecule has 1 aromatic carbocycles. The predicted octanol–water partition coefficient (Wildman–Crippen LogP) is 5.54. The molecule has 0 heterocycles. The van der Waals surface area contributed by atoms with Gasteiger partial charge in [0.15, 0.2) is 14.1 Å². The number of hydrogen-bond donors (Lipinski definition) is 0. The number of ether oxygens (including phenoxy) is 1. The summed E-state index contributed by atoms with van der Waals surface area (Å²) in [4.78, 5) is 24.4. The molecule has 0 aliphatic heterocycles. The van der Waals surface area contributed by atoms with E-state index < -0.39 is 14.4 Å². The molecule has 0 aliphatic carbocycles. The van der Waals surface area contributed by atoms with Crippen LogP contribution in [-0.4, -0.2) is 33.3 Å². The van der Waals surface area contributed by atoms with Crippen LogP contribution in [0.15, 0.2) is 18.2 Å². The van der Waals surface area contributed by atoms with Gasteiger partial charge >= 0.3 is 5.97 Å². The number of esters is 1. The molecule has 0 unspecified atom stereocenters. The van der Waals surface area contributed by atoms with E-state index in [0.717, 1.165) is 16.7 Å². The third-order valence-electron chi connectivity index (χ3n) is 5.49. The van der Waals surface area contributed by atoms with Gasteiger partial charge in [-0.15, -0.1) is 0 Å². The lowest BCUT2D eigenvalue weighted by atomic mass is 9.99. The Bertz CT molecular complexity index is 718. The summed E-state index contributed by atoms with van der Waals surface area (Å²) in [5.74, 6) is -0.405. The van der Waals surface area contributed by atoms with E-state index in [1.807, 2.05) is 19.9 Å². The highest BCUT2D eigenvalue weighted by molar-refractivity contribution is 6.74. The zero-order valence-electron chi connectivity index (χ0n) is 18.9. The molecular formula is C23H36O4Si. The fourth-order valence-corrected chi connectivity index (χ4v) is 4.29. The number of carbonyl (C=O) groups excluding carboxylic acids is 2. The highest BCUT2D eigenvalue weighted by Crippen LogP contribution is 2.38. The Hall–Kier alpha value is -1.72. The molecule has 0 amide bonds. The van der Waals surface area contributed by atoms with E-state index in [4.69, 9.17) is 9.16 Å². The Kier molecular flexibility index (Phi) is 8.39. The van der Waals surface area contributed by atoms with Gasteiger partial charge in [-0.05, 0) is 61.7 Å². The fraction of sp³-hybridized carbons (Fsp3) is 0.565. The number of aryl methyl sites for hydroxylation is 3. The van der Waals surface area contributed by atoms with Crippen molar-refractivity contribution in [1.82, 2.24) is 0 Å². The first-order valence-corrected chi connectivity index (χ1v) is 12.7. The number of rotatable bonds is 8. The molecule has 1 atom stereocenters. The highest BCUT2D eigenvalue weighted by Gasteiger charge is 2.39. The first kappa shape index (κ1) is 24.3. The van der Waals surface area contributed by atoms with Crippen LogP contribution in [0.1, 0.15) is 55.9 Å². The number of benzene rings is 1. The summed E-state index contributed by atoms with van der Waals surface area (Å²) in [5.41, 5.74) is 4.56. The minimum absolute atomic E-state index is 0.00359. The lowest BCUT2D eigenvalue weighted by molar-refractivity contribution is -0.142. The van der Waals surface area contributed by atoms with Crippen molar-refractivity contribution >= 4 is 26.1 Å². The van der Waals surface area contributed by atoms with Crippen molar-refractivity contribution in [2.45, 2.75) is 78.6 Å². The average Bonchev–Trinajstić information content (AvgIpc) is 2.51. The molecule has 156 valence electrons. The predicted molar refractivity (Wildman–Crippen MR) is 118 cm³/mol. The van der Waals surface area contributed by atoms with Gasteiger partial charge in [-0.1, -0.05) is 44.5 Å². The first-order valence-electron chi connectivity index (χ1n) is 9.80. The van der Waals surface area contributed by atoms with Gasteiger partial charge in [0, 0.05) is 6.42 Å². The van der Waals surface area contributed by atoms with Crippen LogP contribution in [0.2, 0.25) is 18.1 Å². The molecule has 4 nitrogen and oxygen atoms in total. The molecule has 0 saturated heterocycles. The normalized spacial score (nSPS) is 13.6. The Labute approximate surface area is 171 Å². The Balaban J connectivity index is 2.96. The summed E-state index contributed by atoms with van der Waals surface area (Å²) in [5, 5.41) is -0.00359. The molecule has 1 aromatic rings. The van der Waals surface area contributed by atoms with E-state index in [2.05, 4.69) is 52.9 Å². The molecule has 0 aromatic heterocycles. The van der Waals surface area contributed by atoms with E-state index >= 15 is 0 Å². The topological polar surface area (TPSA) is 52.6 Å². The Morgan fingerprint density at radius 3 is 2.07 bits per heavy atom. The van der Waals surface area contributed by atoms with Gasteiger partial charge in [-0.25, -0.2) is 0 Å². The zero-order valence-corrected chi connectivity index (χ0v) is 19.9. The summed E-state index contributed by atoms with van der Waals surface area (Å²) in [7, 11) is -0.752. The number of hydrogen-bond acceptors (Lipinski definition) is 4. The van der Waals surface area contributed by atoms with Crippen molar-refractivity contribution < 1.29 is 18.8 Å². The van der Waals surface area contributed by atoms with Crippen LogP contribution in [-0.2, 0) is 18.8 Å². The monoisotopic (exact) mass is 404 g/mol. The van der Waals surface area contributed by atoms with Crippen LogP contribution in [0, 0.1) is 20.8 Å². The van der Waals surface area contributed by atoms with E-state index in [-0.39, 0.29) is 29.6 Å². The Morgan fingerprint density at radius 1 is 1.07 bits per heavy atom. The summed E-state index contributed by atoms with van der Waals surface area (Å²) >= 11 is 0. The van der Waals surface area contributed by atoms with E-state index in [0.29, 0.717) is 0 Å². The second-order valence-electron chi connectivity index (χ2n) is 9.10. The van der Waals surface area contributed by atoms with Gasteiger partial charge < -0.3 is 9.16 Å². The molecule has 1 rings (SSSR count). The number of methoxy groups -OCH3 is 1. The van der Waals surface area contributed by atoms with Gasteiger partial charge in [0.2, 0.25) is 0 Å². The summed E-state index contributed by atoms with van der Waals surface area (Å²) in [6.07, 6.45) is 3.26. The van der Waals surface area contributed by atoms with Crippen molar-refractivity contribution in [1.29, 1.82) is 0 Å². The van der Waals surface area contributed by atoms with Gasteiger partial charge in [0.1, 0.15) is 0 Å². The SMILES string of the molecule is COC(=O)C[C@@H](CC(=O)C=Cc1c(C)cc(C)cc1C)O[Si](C)(C)C(C)(C)C. The van der Waals surface area contributed by atoms with Crippen LogP contribution in [0.3, 0.4) is 0 Å². The molecule has 0 saturated carbocycles. The van der Waals surface area contributed by atoms with Crippen molar-refractivity contribution in [3.8, 4) is 0 Å². The van der Waals surface area contributed by atoms with Gasteiger partial charge in [0.25, 0.3) is 0 Å². The molecule has 5 heteroatoms. The molecule has 0 aliphatic rings. The minimum Gasteiger partial charge on any atom is -0.469 e. The smallest absolute Gasteiger partial charge is 0.308 e. The molecule has 0 radical (unpaired) electrons. The molecule has 0 bridgehead atoms. The maximum absolute atomic E-state index is 12.6. The van der Waals surface area contributed by atoms with Crippen LogP contribution in [0.5, 0.6) is 0 Å². The zero-order chi connectivity index (χ0) is 21.7. The van der Waals surface area contributed by atoms with Crippen molar-refractivity contribution in [3.63, 3.8) is 0 Å². The van der Waals surface area contributed by atoms with E-state index in [1.54, 1.807) is 6.08 Å². The maximum atomic E-state index is 12.6. The van der Waals surface area contributed by atoms with Crippen molar-refractivity contribution in [3.05, 3.63) is 40.5 Å². The molecule has 28 heavy (non-hydrogen) atoms. The van der Waals surface area contributed by atoms with Crippen LogP contribution < -0.4 is 0 Å². The minimum atomic E-state index is -2.11. The maximum Gasteiger partial charge on any atom is 0.308 e. The van der Waals surface area contributed by atoms with Gasteiger partial charge in [-0.3, -0.25) is 9.59 Å². The first-order chi connectivity index (χ1) is 12.8. The third kappa shape index (κ3) is 7.02. The van der Waals surface area contributed by atoms with Crippen LogP contribution in [0.25, 0.3) is 6.08 Å². The van der Waals surface area contributed by atoms with Crippen LogP contribution >= 0.6 is 0 Å². The third-order valence-corrected chi connectivity index (χ3v) is 10.0. The molecule has 0 spiro atoms. The quantitative estimate of drug-likeness (QED) is 0.324. The highest BCUT2D eigenvalue weighted by atomic mass is 28.4. The lowest BCUT2D eigenvalue weighted by Crippen LogP contribution is -2.44. The van der Waals surface area contributed by atoms with E-state index in [1.165, 1.54) is 12.7 Å². The second-order valence-corrected chi connectivity index (χ2v) is 13.9. The number of allylic oxidation sites excluding steroid dienone is 1. The second kappa shape index (κ2) is 9.66. The summed E-state index contributed by atoms with van der Waals surface area (Å²) in [6, 6.07) is 4.22. The van der Waals surface area contributed by atoms with Crippen LogP contribution in [0.4, 0.5) is 0 Å². The standard InChI is InChI=1S/C23H36O4Si/c1-16-12-17(2)21(18(3)13-16)11-10-19(24)14-20(15-22(25)26-7)27-28(8,9)23(4,5)6/h10-13,20H,14-15H2,1-9H3/t20-/m1/s1. The summed E-state index contributed by atoms with van der Waals surface area (Å²) in [6.45, 7) is 16.8. The molecule has 0 N–H and O–H groups in total. The largest absolute Gasteiger partial charge is 0.469 e. The van der Waals surface area contributed by atoms with Crippen molar-refractivity contribution in [2.75, 3.05) is 7.11 Å². The van der Waals surface area contributed by atoms with Crippen molar-refractivity contribution in [2.24, 2.45) is 0 Å². The fourth-order valence-electron chi connectivity index (χ4n) is 2.94. The Morgan fingerprint density at radius 2 is 1.61 bits per heavy atom. The number of ketones is 1. The molecule has 0 fully saturated rings. The van der Waals surface area contributed by atoms with E-state index in [9.17, 15) is 9.59 Å². The summed E-state index contributed by atoms with van der Waals surface area (Å²) < 4.78 is 11.1. The van der Waals surface area contributed by atoms with Gasteiger partial charge in [0.05, 0.1) is 19.6 Å². The molecular weight excluding hydrogens is 368 g/mol. The lowest BCUT2D eigenvalue weighted by Gasteiger charge is -2.39. The number of carbonyl (C=O) groups is 2.